The summed E-state index contributed by atoms with van der Waals surface area (Å²) in [6.07, 6.45) is 0. The van der Waals surface area contributed by atoms with Crippen molar-refractivity contribution < 1.29 is 4.74 Å². The van der Waals surface area contributed by atoms with Crippen molar-refractivity contribution in [3.05, 3.63) is 37.5 Å². The van der Waals surface area contributed by atoms with E-state index in [9.17, 15) is 0 Å². The summed E-state index contributed by atoms with van der Waals surface area (Å²) in [4.78, 5) is 7.56. The molecule has 0 aliphatic carbocycles. The van der Waals surface area contributed by atoms with E-state index in [4.69, 9.17) is 17.0 Å². The lowest BCUT2D eigenvalue weighted by atomic mass is 10.2. The third kappa shape index (κ3) is 2.65. The van der Waals surface area contributed by atoms with Gasteiger partial charge in [-0.15, -0.1) is 0 Å². The molecule has 2 rings (SSSR count). The van der Waals surface area contributed by atoms with Crippen LogP contribution in [0.4, 0.5) is 0 Å². The van der Waals surface area contributed by atoms with Crippen LogP contribution in [0.3, 0.4) is 0 Å². The van der Waals surface area contributed by atoms with Gasteiger partial charge in [-0.05, 0) is 57.0 Å². The fraction of sp³-hybridized carbons (Fsp3) is 0.167. The first kappa shape index (κ1) is 13.7. The number of rotatable bonds is 2. The Morgan fingerprint density at radius 3 is 2.61 bits per heavy atom. The molecule has 0 bridgehead atoms. The van der Waals surface area contributed by atoms with Crippen LogP contribution in [-0.2, 0) is 0 Å². The highest BCUT2D eigenvalue weighted by Crippen LogP contribution is 2.29. The van der Waals surface area contributed by atoms with E-state index in [2.05, 4.69) is 41.8 Å². The summed E-state index contributed by atoms with van der Waals surface area (Å²) < 4.78 is 7.45. The Morgan fingerprint density at radius 2 is 2.06 bits per heavy atom. The number of nitrogens with zero attached hydrogens (tertiary/aromatic N) is 1. The molecule has 0 saturated carbocycles. The molecule has 1 aromatic carbocycles. The molecular weight excluding hydrogens is 380 g/mol. The van der Waals surface area contributed by atoms with Crippen LogP contribution < -0.4 is 4.74 Å². The van der Waals surface area contributed by atoms with Crippen LogP contribution in [0.5, 0.6) is 5.75 Å². The maximum atomic E-state index is 5.20. The Kier molecular flexibility index (Phi) is 4.19. The van der Waals surface area contributed by atoms with Crippen molar-refractivity contribution in [1.29, 1.82) is 0 Å². The normalized spacial score (nSPS) is 10.4. The average molecular weight is 390 g/mol. The van der Waals surface area contributed by atoms with Crippen LogP contribution in [0.1, 0.15) is 5.69 Å². The molecule has 0 radical (unpaired) electrons. The van der Waals surface area contributed by atoms with Gasteiger partial charge in [0.2, 0.25) is 0 Å². The molecule has 0 unspecified atom stereocenters. The highest BCUT2D eigenvalue weighted by atomic mass is 79.9. The quantitative estimate of drug-likeness (QED) is 0.759. The smallest absolute Gasteiger partial charge is 0.144 e. The molecule has 1 N–H and O–H groups in total. The van der Waals surface area contributed by atoms with Crippen molar-refractivity contribution in [2.45, 2.75) is 6.92 Å². The molecule has 1 aromatic heterocycles. The van der Waals surface area contributed by atoms with Crippen LogP contribution in [0.25, 0.3) is 11.4 Å². The molecular formula is C12H10Br2N2OS. The maximum Gasteiger partial charge on any atom is 0.144 e. The second-order valence-electron chi connectivity index (χ2n) is 3.68. The molecule has 0 aliphatic heterocycles. The number of hydrogen-bond acceptors (Lipinski definition) is 3. The Labute approximate surface area is 127 Å². The highest BCUT2D eigenvalue weighted by molar-refractivity contribution is 9.10. The summed E-state index contributed by atoms with van der Waals surface area (Å²) in [7, 11) is 1.63. The monoisotopic (exact) mass is 388 g/mol. The largest absolute Gasteiger partial charge is 0.496 e. The fourth-order valence-corrected chi connectivity index (χ4v) is 2.49. The van der Waals surface area contributed by atoms with E-state index in [0.717, 1.165) is 31.8 Å². The first-order chi connectivity index (χ1) is 8.52. The molecule has 6 heteroatoms. The van der Waals surface area contributed by atoms with Crippen molar-refractivity contribution in [2.75, 3.05) is 7.11 Å². The summed E-state index contributed by atoms with van der Waals surface area (Å²) in [5, 5.41) is 0. The van der Waals surface area contributed by atoms with Gasteiger partial charge in [0.05, 0.1) is 16.1 Å². The number of nitrogens with one attached hydrogen (secondary N) is 1. The van der Waals surface area contributed by atoms with Gasteiger partial charge in [-0.1, -0.05) is 12.2 Å². The van der Waals surface area contributed by atoms with E-state index in [0.29, 0.717) is 4.64 Å². The van der Waals surface area contributed by atoms with Gasteiger partial charge in [0.15, 0.2) is 0 Å². The van der Waals surface area contributed by atoms with Crippen molar-refractivity contribution in [1.82, 2.24) is 9.97 Å². The number of benzene rings is 1. The minimum atomic E-state index is 0.549. The van der Waals surface area contributed by atoms with E-state index < -0.39 is 0 Å². The molecule has 0 aliphatic rings. The minimum Gasteiger partial charge on any atom is -0.496 e. The highest BCUT2D eigenvalue weighted by Gasteiger charge is 2.07. The first-order valence-corrected chi connectivity index (χ1v) is 7.12. The Hall–Kier alpha value is -0.720. The summed E-state index contributed by atoms with van der Waals surface area (Å²) in [6.45, 7) is 1.95. The standard InChI is InChI=1S/C12H10Br2N2OS/c1-6-10(14)12(18)16-11(15-6)7-3-4-9(17-2)8(13)5-7/h3-5H,1-2H3,(H,15,16,18). The second-order valence-corrected chi connectivity index (χ2v) is 5.71. The molecule has 18 heavy (non-hydrogen) atoms. The van der Waals surface area contributed by atoms with Gasteiger partial charge in [-0.3, -0.25) is 0 Å². The SMILES string of the molecule is COc1ccc(-c2nc(=S)c(Br)c(C)[nH]2)cc1Br. The molecule has 0 spiro atoms. The third-order valence-electron chi connectivity index (χ3n) is 2.46. The molecule has 0 saturated heterocycles. The molecule has 0 atom stereocenters. The topological polar surface area (TPSA) is 37.9 Å². The van der Waals surface area contributed by atoms with Crippen molar-refractivity contribution >= 4 is 44.1 Å². The summed E-state index contributed by atoms with van der Waals surface area (Å²) in [5.41, 5.74) is 1.90. The summed E-state index contributed by atoms with van der Waals surface area (Å²) >= 11 is 12.0. The van der Waals surface area contributed by atoms with Gasteiger partial charge in [0.25, 0.3) is 0 Å². The predicted octanol–water partition coefficient (Wildman–Crippen LogP) is 4.65. The van der Waals surface area contributed by atoms with Crippen LogP contribution >= 0.6 is 44.1 Å². The van der Waals surface area contributed by atoms with Gasteiger partial charge in [-0.2, -0.15) is 0 Å². The fourth-order valence-electron chi connectivity index (χ4n) is 1.52. The Balaban J connectivity index is 2.56. The summed E-state index contributed by atoms with van der Waals surface area (Å²) in [6, 6.07) is 5.76. The van der Waals surface area contributed by atoms with Crippen LogP contribution in [0.15, 0.2) is 27.1 Å². The number of halogens is 2. The van der Waals surface area contributed by atoms with E-state index in [1.54, 1.807) is 7.11 Å². The van der Waals surface area contributed by atoms with Crippen LogP contribution in [-0.4, -0.2) is 17.1 Å². The van der Waals surface area contributed by atoms with Gasteiger partial charge < -0.3 is 9.72 Å². The number of aromatic amines is 1. The van der Waals surface area contributed by atoms with Gasteiger partial charge in [0.1, 0.15) is 16.2 Å². The van der Waals surface area contributed by atoms with Gasteiger partial charge in [0, 0.05) is 11.3 Å². The van der Waals surface area contributed by atoms with E-state index in [-0.39, 0.29) is 0 Å². The summed E-state index contributed by atoms with van der Waals surface area (Å²) in [5.74, 6) is 1.52. The zero-order valence-corrected chi connectivity index (χ0v) is 13.7. The minimum absolute atomic E-state index is 0.549. The predicted molar refractivity (Wildman–Crippen MR) is 81.5 cm³/mol. The molecule has 94 valence electrons. The third-order valence-corrected chi connectivity index (χ3v) is 4.61. The zero-order chi connectivity index (χ0) is 13.3. The van der Waals surface area contributed by atoms with Crippen molar-refractivity contribution in [3.8, 4) is 17.1 Å². The first-order valence-electron chi connectivity index (χ1n) is 5.13. The molecule has 2 aromatic rings. The number of hydrogen-bond donors (Lipinski definition) is 1. The number of methoxy groups -OCH3 is 1. The Morgan fingerprint density at radius 1 is 1.33 bits per heavy atom. The molecule has 1 heterocycles. The number of aryl methyl sites for hydroxylation is 1. The molecule has 0 amide bonds. The number of ether oxygens (including phenoxy) is 1. The number of aromatic nitrogens is 2. The van der Waals surface area contributed by atoms with Gasteiger partial charge in [-0.25, -0.2) is 4.98 Å². The second kappa shape index (κ2) is 5.50. The Bertz CT molecular complexity index is 655. The average Bonchev–Trinajstić information content (AvgIpc) is 2.35. The van der Waals surface area contributed by atoms with Crippen LogP contribution in [0, 0.1) is 11.6 Å². The van der Waals surface area contributed by atoms with Gasteiger partial charge >= 0.3 is 0 Å². The molecule has 0 fully saturated rings. The van der Waals surface area contributed by atoms with E-state index >= 15 is 0 Å². The van der Waals surface area contributed by atoms with Crippen LogP contribution in [0.2, 0.25) is 0 Å². The lowest BCUT2D eigenvalue weighted by molar-refractivity contribution is 0.412. The van der Waals surface area contributed by atoms with Crippen molar-refractivity contribution in [2.24, 2.45) is 0 Å². The van der Waals surface area contributed by atoms with Crippen molar-refractivity contribution in [3.63, 3.8) is 0 Å². The number of H-pyrrole nitrogens is 1. The lowest BCUT2D eigenvalue weighted by Crippen LogP contribution is -1.94. The van der Waals surface area contributed by atoms with E-state index in [1.807, 2.05) is 25.1 Å². The maximum absolute atomic E-state index is 5.20. The zero-order valence-electron chi connectivity index (χ0n) is 9.75. The lowest BCUT2D eigenvalue weighted by Gasteiger charge is -2.08. The van der Waals surface area contributed by atoms with E-state index in [1.165, 1.54) is 0 Å². The molecule has 3 nitrogen and oxygen atoms in total.